The van der Waals surface area contributed by atoms with E-state index in [2.05, 4.69) is 25.8 Å². The number of para-hydroxylation sites is 1. The van der Waals surface area contributed by atoms with Crippen molar-refractivity contribution in [3.05, 3.63) is 48.2 Å². The van der Waals surface area contributed by atoms with Gasteiger partial charge >= 0.3 is 6.03 Å². The van der Waals surface area contributed by atoms with E-state index in [9.17, 15) is 9.59 Å². The molecule has 0 radical (unpaired) electrons. The van der Waals surface area contributed by atoms with Gasteiger partial charge in [-0.3, -0.25) is 4.79 Å². The van der Waals surface area contributed by atoms with Gasteiger partial charge in [0.1, 0.15) is 0 Å². The topological polar surface area (TPSA) is 89.6 Å². The summed E-state index contributed by atoms with van der Waals surface area (Å²) in [6.45, 7) is 4.71. The van der Waals surface area contributed by atoms with Gasteiger partial charge in [-0.2, -0.15) is 0 Å². The van der Waals surface area contributed by atoms with Crippen LogP contribution in [0.4, 0.5) is 22.0 Å². The van der Waals surface area contributed by atoms with Crippen molar-refractivity contribution in [1.82, 2.24) is 20.5 Å². The lowest BCUT2D eigenvalue weighted by atomic mass is 9.90. The number of nitrogens with zero attached hydrogens (tertiary/aromatic N) is 3. The fourth-order valence-electron chi connectivity index (χ4n) is 5.69. The van der Waals surface area contributed by atoms with Gasteiger partial charge in [-0.05, 0) is 75.4 Å². The molecule has 2 saturated heterocycles. The van der Waals surface area contributed by atoms with Crippen LogP contribution in [-0.4, -0.2) is 60.6 Å². The Morgan fingerprint density at radius 3 is 2.94 bits per heavy atom. The first-order chi connectivity index (χ1) is 17.2. The van der Waals surface area contributed by atoms with Crippen LogP contribution < -0.4 is 20.9 Å². The predicted octanol–water partition coefficient (Wildman–Crippen LogP) is 4.13. The third-order valence-corrected chi connectivity index (χ3v) is 7.43. The van der Waals surface area contributed by atoms with Crippen LogP contribution in [0, 0.1) is 5.92 Å². The van der Waals surface area contributed by atoms with Crippen LogP contribution >= 0.6 is 0 Å². The second-order valence-electron chi connectivity index (χ2n) is 9.96. The number of aromatic nitrogens is 1. The lowest BCUT2D eigenvalue weighted by Gasteiger charge is -2.34. The van der Waals surface area contributed by atoms with Crippen molar-refractivity contribution in [1.29, 1.82) is 0 Å². The number of benzene rings is 1. The summed E-state index contributed by atoms with van der Waals surface area (Å²) in [5, 5.41) is 9.71. The van der Waals surface area contributed by atoms with Gasteiger partial charge in [0.25, 0.3) is 5.91 Å². The Labute approximate surface area is 207 Å². The largest absolute Gasteiger partial charge is 0.336 e. The monoisotopic (exact) mass is 476 g/mol. The molecule has 8 heteroatoms. The third kappa shape index (κ3) is 5.65. The van der Waals surface area contributed by atoms with E-state index < -0.39 is 0 Å². The summed E-state index contributed by atoms with van der Waals surface area (Å²) in [4.78, 5) is 34.6. The molecule has 8 nitrogen and oxygen atoms in total. The number of nitrogens with one attached hydrogen (secondary N) is 3. The molecule has 2 fully saturated rings. The molecule has 2 atom stereocenters. The molecule has 3 amide bonds. The smallest absolute Gasteiger partial charge is 0.327 e. The number of hydrogen-bond donors (Lipinski definition) is 3. The maximum Gasteiger partial charge on any atom is 0.327 e. The van der Waals surface area contributed by atoms with Crippen molar-refractivity contribution in [3.63, 3.8) is 0 Å². The molecule has 3 N–H and O–H groups in total. The number of carbonyl (C=O) groups excluding carboxylic acids is 2. The molecule has 0 bridgehead atoms. The van der Waals surface area contributed by atoms with E-state index in [1.54, 1.807) is 36.5 Å². The zero-order chi connectivity index (χ0) is 24.0. The standard InChI is InChI=1S/C27H36N6O2/c34-26-22-10-3-4-12-24(22)33(25-23(31-26)11-6-14-29-25)27(35)30-15-17-32-16-7-8-20(19-32)18-21-9-2-1-5-13-28-21/h3-4,6,10-12,14,20-21,28H,1-2,5,7-9,13,15-19H2,(H,30,35)(H,31,34). The summed E-state index contributed by atoms with van der Waals surface area (Å²) in [5.41, 5.74) is 1.51. The van der Waals surface area contributed by atoms with Gasteiger partial charge in [0.15, 0.2) is 5.82 Å². The number of anilines is 3. The summed E-state index contributed by atoms with van der Waals surface area (Å²) in [5.74, 6) is 0.908. The lowest BCUT2D eigenvalue weighted by Crippen LogP contribution is -2.44. The van der Waals surface area contributed by atoms with Crippen LogP contribution in [0.15, 0.2) is 42.6 Å². The maximum atomic E-state index is 13.4. The molecule has 1 aromatic heterocycles. The van der Waals surface area contributed by atoms with Gasteiger partial charge in [-0.1, -0.05) is 25.0 Å². The number of rotatable bonds is 5. The first-order valence-electron chi connectivity index (χ1n) is 13.1. The van der Waals surface area contributed by atoms with E-state index in [1.165, 1.54) is 49.8 Å². The predicted molar refractivity (Wildman–Crippen MR) is 138 cm³/mol. The Morgan fingerprint density at radius 1 is 1.09 bits per heavy atom. The lowest BCUT2D eigenvalue weighted by molar-refractivity contribution is 0.102. The number of fused-ring (bicyclic) bond motifs is 2. The molecule has 5 rings (SSSR count). The van der Waals surface area contributed by atoms with Gasteiger partial charge in [-0.15, -0.1) is 0 Å². The number of amides is 3. The van der Waals surface area contributed by atoms with E-state index in [-0.39, 0.29) is 11.9 Å². The van der Waals surface area contributed by atoms with Crippen molar-refractivity contribution in [2.75, 3.05) is 42.9 Å². The van der Waals surface area contributed by atoms with Gasteiger partial charge in [0, 0.05) is 31.9 Å². The van der Waals surface area contributed by atoms with Crippen molar-refractivity contribution in [3.8, 4) is 0 Å². The van der Waals surface area contributed by atoms with Crippen LogP contribution in [-0.2, 0) is 0 Å². The van der Waals surface area contributed by atoms with Crippen molar-refractivity contribution >= 4 is 29.1 Å². The van der Waals surface area contributed by atoms with Crippen LogP contribution in [0.2, 0.25) is 0 Å². The second-order valence-corrected chi connectivity index (χ2v) is 9.96. The zero-order valence-electron chi connectivity index (χ0n) is 20.3. The molecule has 2 unspecified atom stereocenters. The highest BCUT2D eigenvalue weighted by Crippen LogP contribution is 2.36. The minimum atomic E-state index is -0.273. The summed E-state index contributed by atoms with van der Waals surface area (Å²) >= 11 is 0. The van der Waals surface area contributed by atoms with Crippen molar-refractivity contribution in [2.24, 2.45) is 5.92 Å². The molecule has 0 saturated carbocycles. The molecule has 1 aromatic carbocycles. The summed E-state index contributed by atoms with van der Waals surface area (Å²) in [6, 6.07) is 11.1. The van der Waals surface area contributed by atoms with E-state index >= 15 is 0 Å². The maximum absolute atomic E-state index is 13.4. The molecule has 3 aliphatic rings. The summed E-state index contributed by atoms with van der Waals surface area (Å²) in [6.07, 6.45) is 10.7. The molecular formula is C27H36N6O2. The Morgan fingerprint density at radius 2 is 2.00 bits per heavy atom. The fraction of sp³-hybridized carbons (Fsp3) is 0.519. The van der Waals surface area contributed by atoms with Crippen LogP contribution in [0.5, 0.6) is 0 Å². The Hall–Kier alpha value is -2.97. The quantitative estimate of drug-likeness (QED) is 0.604. The average Bonchev–Trinajstić information content (AvgIpc) is 3.20. The minimum absolute atomic E-state index is 0.243. The number of urea groups is 1. The third-order valence-electron chi connectivity index (χ3n) is 7.43. The Bertz CT molecular complexity index is 1040. The van der Waals surface area contributed by atoms with E-state index in [1.807, 2.05) is 6.07 Å². The molecular weight excluding hydrogens is 440 g/mol. The van der Waals surface area contributed by atoms with Gasteiger partial charge in [-0.25, -0.2) is 14.7 Å². The number of likely N-dealkylation sites (tertiary alicyclic amines) is 1. The van der Waals surface area contributed by atoms with Crippen LogP contribution in [0.3, 0.4) is 0 Å². The Kier molecular flexibility index (Phi) is 7.59. The first kappa shape index (κ1) is 23.8. The minimum Gasteiger partial charge on any atom is -0.336 e. The van der Waals surface area contributed by atoms with Gasteiger partial charge in [0.2, 0.25) is 0 Å². The molecule has 4 heterocycles. The molecule has 186 valence electrons. The van der Waals surface area contributed by atoms with Gasteiger partial charge < -0.3 is 20.9 Å². The highest BCUT2D eigenvalue weighted by Gasteiger charge is 2.30. The van der Waals surface area contributed by atoms with E-state index in [0.29, 0.717) is 35.3 Å². The normalized spacial score (nSPS) is 22.9. The number of pyridine rings is 1. The number of hydrogen-bond acceptors (Lipinski definition) is 5. The first-order valence-corrected chi connectivity index (χ1v) is 13.1. The van der Waals surface area contributed by atoms with Crippen molar-refractivity contribution < 1.29 is 9.59 Å². The summed E-state index contributed by atoms with van der Waals surface area (Å²) in [7, 11) is 0. The average molecular weight is 477 g/mol. The summed E-state index contributed by atoms with van der Waals surface area (Å²) < 4.78 is 0. The van der Waals surface area contributed by atoms with E-state index in [4.69, 9.17) is 0 Å². The van der Waals surface area contributed by atoms with Crippen LogP contribution in [0.1, 0.15) is 55.3 Å². The van der Waals surface area contributed by atoms with Crippen molar-refractivity contribution in [2.45, 2.75) is 51.0 Å². The van der Waals surface area contributed by atoms with Gasteiger partial charge in [0.05, 0.1) is 16.9 Å². The van der Waals surface area contributed by atoms with Crippen LogP contribution in [0.25, 0.3) is 0 Å². The second kappa shape index (κ2) is 11.2. The fourth-order valence-corrected chi connectivity index (χ4v) is 5.69. The number of carbonyl (C=O) groups is 2. The molecule has 0 spiro atoms. The van der Waals surface area contributed by atoms with E-state index in [0.717, 1.165) is 32.1 Å². The molecule has 35 heavy (non-hydrogen) atoms. The number of piperidine rings is 1. The Balaban J connectivity index is 1.20. The molecule has 2 aromatic rings. The highest BCUT2D eigenvalue weighted by molar-refractivity contribution is 6.16. The molecule has 0 aliphatic carbocycles. The zero-order valence-corrected chi connectivity index (χ0v) is 20.3. The molecule has 3 aliphatic heterocycles. The highest BCUT2D eigenvalue weighted by atomic mass is 16.2. The SMILES string of the molecule is O=C1Nc2cccnc2N(C(=O)NCCN2CCCC(CC3CCCCCN3)C2)c2ccccc21.